The molecule has 3 unspecified atom stereocenters. The first-order valence-corrected chi connectivity index (χ1v) is 10.7. The molecule has 29 heavy (non-hydrogen) atoms. The van der Waals surface area contributed by atoms with Crippen LogP contribution >= 0.6 is 0 Å². The summed E-state index contributed by atoms with van der Waals surface area (Å²) in [5.41, 5.74) is 10.0. The molecule has 0 spiro atoms. The molecule has 2 aliphatic rings. The lowest BCUT2D eigenvalue weighted by molar-refractivity contribution is -0.0339. The van der Waals surface area contributed by atoms with Crippen LogP contribution in [-0.4, -0.2) is 48.9 Å². The van der Waals surface area contributed by atoms with E-state index in [0.29, 0.717) is 13.2 Å². The van der Waals surface area contributed by atoms with Crippen LogP contribution in [0.2, 0.25) is 0 Å². The standard InChI is InChI=1S/C24H30N2O3/c25-22-12-5-13-26(24(27)29-21-11-6-14-28-17-21)23(22)16-18-7-4-10-20(15-18)19-8-2-1-3-9-19/h1-4,7-10,15,21-23H,5-6,11-14,16-17,25H2. The summed E-state index contributed by atoms with van der Waals surface area (Å²) in [6.07, 6.45) is 3.99. The van der Waals surface area contributed by atoms with E-state index in [4.69, 9.17) is 15.2 Å². The minimum Gasteiger partial charge on any atom is -0.444 e. The van der Waals surface area contributed by atoms with Gasteiger partial charge in [0.25, 0.3) is 0 Å². The molecule has 154 valence electrons. The Morgan fingerprint density at radius 1 is 1.07 bits per heavy atom. The number of ether oxygens (including phenoxy) is 2. The van der Waals surface area contributed by atoms with Gasteiger partial charge in [-0.05, 0) is 48.8 Å². The fraction of sp³-hybridized carbons (Fsp3) is 0.458. The molecule has 5 nitrogen and oxygen atoms in total. The quantitative estimate of drug-likeness (QED) is 0.851. The molecule has 2 aromatic rings. The molecule has 2 aromatic carbocycles. The van der Waals surface area contributed by atoms with E-state index < -0.39 is 0 Å². The van der Waals surface area contributed by atoms with Gasteiger partial charge in [-0.3, -0.25) is 0 Å². The van der Waals surface area contributed by atoms with Gasteiger partial charge in [-0.1, -0.05) is 54.6 Å². The number of hydrogen-bond donors (Lipinski definition) is 1. The Kier molecular flexibility index (Phi) is 6.47. The maximum atomic E-state index is 12.9. The molecule has 0 radical (unpaired) electrons. The Morgan fingerprint density at radius 3 is 2.69 bits per heavy atom. The van der Waals surface area contributed by atoms with Gasteiger partial charge >= 0.3 is 6.09 Å². The van der Waals surface area contributed by atoms with E-state index in [-0.39, 0.29) is 24.3 Å². The van der Waals surface area contributed by atoms with Gasteiger partial charge in [0.05, 0.1) is 12.6 Å². The Hall–Kier alpha value is -2.37. The maximum absolute atomic E-state index is 12.9. The van der Waals surface area contributed by atoms with Crippen molar-refractivity contribution in [2.45, 2.75) is 50.3 Å². The molecule has 0 saturated carbocycles. The van der Waals surface area contributed by atoms with Crippen molar-refractivity contribution in [1.82, 2.24) is 4.90 Å². The highest BCUT2D eigenvalue weighted by molar-refractivity contribution is 5.69. The van der Waals surface area contributed by atoms with Crippen LogP contribution in [-0.2, 0) is 15.9 Å². The third-order valence-corrected chi connectivity index (χ3v) is 5.93. The second-order valence-corrected chi connectivity index (χ2v) is 8.06. The summed E-state index contributed by atoms with van der Waals surface area (Å²) >= 11 is 0. The Balaban J connectivity index is 1.48. The van der Waals surface area contributed by atoms with Gasteiger partial charge in [0.1, 0.15) is 6.10 Å². The van der Waals surface area contributed by atoms with E-state index in [1.165, 1.54) is 16.7 Å². The average molecular weight is 395 g/mol. The molecule has 4 rings (SSSR count). The van der Waals surface area contributed by atoms with E-state index in [0.717, 1.165) is 38.7 Å². The van der Waals surface area contributed by atoms with E-state index in [2.05, 4.69) is 36.4 Å². The molecule has 0 aromatic heterocycles. The second kappa shape index (κ2) is 9.42. The lowest BCUT2D eigenvalue weighted by Crippen LogP contribution is -2.56. The highest BCUT2D eigenvalue weighted by Gasteiger charge is 2.34. The number of piperidine rings is 1. The smallest absolute Gasteiger partial charge is 0.410 e. The fourth-order valence-electron chi connectivity index (χ4n) is 4.34. The van der Waals surface area contributed by atoms with Crippen LogP contribution in [0, 0.1) is 0 Å². The van der Waals surface area contributed by atoms with E-state index >= 15 is 0 Å². The Morgan fingerprint density at radius 2 is 1.90 bits per heavy atom. The van der Waals surface area contributed by atoms with Crippen LogP contribution in [0.15, 0.2) is 54.6 Å². The second-order valence-electron chi connectivity index (χ2n) is 8.06. The predicted molar refractivity (Wildman–Crippen MR) is 114 cm³/mol. The third-order valence-electron chi connectivity index (χ3n) is 5.93. The van der Waals surface area contributed by atoms with E-state index in [1.807, 2.05) is 23.1 Å². The topological polar surface area (TPSA) is 64.8 Å². The van der Waals surface area contributed by atoms with Crippen LogP contribution in [0.1, 0.15) is 31.2 Å². The van der Waals surface area contributed by atoms with Crippen LogP contribution in [0.3, 0.4) is 0 Å². The van der Waals surface area contributed by atoms with Crippen molar-refractivity contribution in [3.63, 3.8) is 0 Å². The Labute approximate surface area is 172 Å². The first kappa shape index (κ1) is 19.9. The number of carbonyl (C=O) groups excluding carboxylic acids is 1. The Bertz CT molecular complexity index is 805. The minimum absolute atomic E-state index is 0.0423. The first-order chi connectivity index (χ1) is 14.2. The zero-order valence-electron chi connectivity index (χ0n) is 16.8. The molecule has 3 atom stereocenters. The third kappa shape index (κ3) is 4.98. The fourth-order valence-corrected chi connectivity index (χ4v) is 4.34. The average Bonchev–Trinajstić information content (AvgIpc) is 2.76. The number of likely N-dealkylation sites (tertiary alicyclic amines) is 1. The molecule has 2 aliphatic heterocycles. The predicted octanol–water partition coefficient (Wildman–Crippen LogP) is 4.00. The number of carbonyl (C=O) groups is 1. The number of rotatable bonds is 4. The molecular formula is C24H30N2O3. The van der Waals surface area contributed by atoms with Gasteiger partial charge in [0, 0.05) is 19.2 Å². The zero-order chi connectivity index (χ0) is 20.1. The normalized spacial score (nSPS) is 24.9. The molecule has 0 bridgehead atoms. The molecule has 2 fully saturated rings. The minimum atomic E-state index is -0.250. The van der Waals surface area contributed by atoms with Gasteiger partial charge < -0.3 is 20.1 Å². The summed E-state index contributed by atoms with van der Waals surface area (Å²) in [5.74, 6) is 0. The SMILES string of the molecule is NC1CCCN(C(=O)OC2CCCOC2)C1Cc1cccc(-c2ccccc2)c1. The van der Waals surface area contributed by atoms with Crippen molar-refractivity contribution < 1.29 is 14.3 Å². The number of benzene rings is 2. The largest absolute Gasteiger partial charge is 0.444 e. The van der Waals surface area contributed by atoms with Gasteiger partial charge in [-0.2, -0.15) is 0 Å². The highest BCUT2D eigenvalue weighted by atomic mass is 16.6. The van der Waals surface area contributed by atoms with Crippen molar-refractivity contribution in [3.05, 3.63) is 60.2 Å². The summed E-state index contributed by atoms with van der Waals surface area (Å²) in [4.78, 5) is 14.7. The van der Waals surface area contributed by atoms with E-state index in [1.54, 1.807) is 0 Å². The van der Waals surface area contributed by atoms with Crippen LogP contribution in [0.25, 0.3) is 11.1 Å². The van der Waals surface area contributed by atoms with Gasteiger partial charge in [0.2, 0.25) is 0 Å². The molecule has 0 aliphatic carbocycles. The van der Waals surface area contributed by atoms with Gasteiger partial charge in [-0.25, -0.2) is 4.79 Å². The monoisotopic (exact) mass is 394 g/mol. The number of hydrogen-bond acceptors (Lipinski definition) is 4. The molecule has 2 heterocycles. The lowest BCUT2D eigenvalue weighted by Gasteiger charge is -2.40. The van der Waals surface area contributed by atoms with Gasteiger partial charge in [0.15, 0.2) is 0 Å². The molecule has 2 saturated heterocycles. The van der Waals surface area contributed by atoms with Crippen molar-refractivity contribution in [2.24, 2.45) is 5.73 Å². The van der Waals surface area contributed by atoms with Crippen LogP contribution in [0.5, 0.6) is 0 Å². The molecule has 1 amide bonds. The van der Waals surface area contributed by atoms with E-state index in [9.17, 15) is 4.79 Å². The number of amides is 1. The van der Waals surface area contributed by atoms with Crippen molar-refractivity contribution in [2.75, 3.05) is 19.8 Å². The van der Waals surface area contributed by atoms with Gasteiger partial charge in [-0.15, -0.1) is 0 Å². The molecule has 2 N–H and O–H groups in total. The molecule has 5 heteroatoms. The first-order valence-electron chi connectivity index (χ1n) is 10.7. The summed E-state index contributed by atoms with van der Waals surface area (Å²) in [6.45, 7) is 1.95. The lowest BCUT2D eigenvalue weighted by atomic mass is 9.91. The molecular weight excluding hydrogens is 364 g/mol. The highest BCUT2D eigenvalue weighted by Crippen LogP contribution is 2.25. The summed E-state index contributed by atoms with van der Waals surface area (Å²) in [5, 5.41) is 0. The summed E-state index contributed by atoms with van der Waals surface area (Å²) < 4.78 is 11.2. The summed E-state index contributed by atoms with van der Waals surface area (Å²) in [6, 6.07) is 18.8. The number of nitrogens with two attached hydrogens (primary N) is 1. The zero-order valence-corrected chi connectivity index (χ0v) is 16.8. The van der Waals surface area contributed by atoms with Crippen molar-refractivity contribution in [3.8, 4) is 11.1 Å². The summed E-state index contributed by atoms with van der Waals surface area (Å²) in [7, 11) is 0. The maximum Gasteiger partial charge on any atom is 0.410 e. The van der Waals surface area contributed by atoms with Crippen molar-refractivity contribution in [1.29, 1.82) is 0 Å². The van der Waals surface area contributed by atoms with Crippen LogP contribution < -0.4 is 5.73 Å². The number of nitrogens with zero attached hydrogens (tertiary/aromatic N) is 1. The van der Waals surface area contributed by atoms with Crippen molar-refractivity contribution >= 4 is 6.09 Å². The van der Waals surface area contributed by atoms with Crippen LogP contribution in [0.4, 0.5) is 4.79 Å².